The molecule has 0 fully saturated rings. The third kappa shape index (κ3) is 3.41. The molecule has 0 N–H and O–H groups in total. The number of ether oxygens (including phenoxy) is 1. The second-order valence-electron chi connectivity index (χ2n) is 5.60. The lowest BCUT2D eigenvalue weighted by atomic mass is 10.1. The molecule has 0 amide bonds. The number of para-hydroxylation sites is 1. The van der Waals surface area contributed by atoms with Crippen molar-refractivity contribution in [3.63, 3.8) is 0 Å². The molecule has 0 radical (unpaired) electrons. The minimum atomic E-state index is -3.99. The lowest BCUT2D eigenvalue weighted by Crippen LogP contribution is -2.15. The molecule has 0 spiro atoms. The monoisotopic (exact) mass is 383 g/mol. The van der Waals surface area contributed by atoms with Crippen molar-refractivity contribution in [1.29, 1.82) is 0 Å². The van der Waals surface area contributed by atoms with Crippen LogP contribution in [0.1, 0.15) is 23.0 Å². The first-order valence-corrected chi connectivity index (χ1v) is 9.68. The van der Waals surface area contributed by atoms with Crippen molar-refractivity contribution in [2.75, 3.05) is 6.61 Å². The van der Waals surface area contributed by atoms with E-state index < -0.39 is 16.0 Å². The molecule has 3 rings (SSSR count). The molecule has 0 bridgehead atoms. The second-order valence-corrected chi connectivity index (χ2v) is 7.39. The van der Waals surface area contributed by atoms with Gasteiger partial charge >= 0.3 is 5.97 Å². The Morgan fingerprint density at radius 3 is 2.41 bits per heavy atom. The summed E-state index contributed by atoms with van der Waals surface area (Å²) in [5.74, 6) is -0.622. The van der Waals surface area contributed by atoms with Gasteiger partial charge in [0.05, 0.1) is 22.7 Å². The fourth-order valence-corrected chi connectivity index (χ4v) is 4.38. The van der Waals surface area contributed by atoms with Crippen LogP contribution in [0.5, 0.6) is 0 Å². The van der Waals surface area contributed by atoms with E-state index in [1.54, 1.807) is 49.4 Å². The zero-order valence-corrected chi connectivity index (χ0v) is 15.3. The van der Waals surface area contributed by atoms with E-state index in [-0.39, 0.29) is 22.8 Å². The highest BCUT2D eigenvalue weighted by molar-refractivity contribution is 7.90. The number of fused-ring (bicyclic) bond motifs is 1. The molecule has 1 aromatic heterocycles. The highest BCUT2D eigenvalue weighted by atomic mass is 32.2. The molecule has 0 saturated carbocycles. The van der Waals surface area contributed by atoms with Crippen LogP contribution in [-0.2, 0) is 19.6 Å². The van der Waals surface area contributed by atoms with E-state index in [0.29, 0.717) is 17.2 Å². The molecule has 6 nitrogen and oxygen atoms in total. The van der Waals surface area contributed by atoms with E-state index in [1.807, 2.05) is 0 Å². The molecule has 0 aliphatic heterocycles. The van der Waals surface area contributed by atoms with Crippen LogP contribution in [0.3, 0.4) is 0 Å². The van der Waals surface area contributed by atoms with Crippen LogP contribution in [0.25, 0.3) is 17.0 Å². The summed E-state index contributed by atoms with van der Waals surface area (Å²) in [7, 11) is -3.99. The van der Waals surface area contributed by atoms with E-state index >= 15 is 0 Å². The van der Waals surface area contributed by atoms with Crippen molar-refractivity contribution >= 4 is 39.3 Å². The minimum Gasteiger partial charge on any atom is -0.463 e. The lowest BCUT2D eigenvalue weighted by Gasteiger charge is -2.10. The molecule has 7 heteroatoms. The van der Waals surface area contributed by atoms with Crippen LogP contribution < -0.4 is 0 Å². The SMILES string of the molecule is CCOC(=O)/C=C/c1c(C=O)c2ccccc2n1S(=O)(=O)c1ccccc1. The van der Waals surface area contributed by atoms with E-state index in [1.165, 1.54) is 18.2 Å². The Labute approximate surface area is 156 Å². The quantitative estimate of drug-likeness (QED) is 0.371. The molecule has 138 valence electrons. The number of aldehydes is 1. The number of esters is 1. The van der Waals surface area contributed by atoms with Crippen LogP contribution >= 0.6 is 0 Å². The van der Waals surface area contributed by atoms with Crippen LogP contribution in [0.4, 0.5) is 0 Å². The summed E-state index contributed by atoms with van der Waals surface area (Å²) in [5, 5.41) is 0.482. The first-order chi connectivity index (χ1) is 13.0. The first-order valence-electron chi connectivity index (χ1n) is 8.24. The molecule has 0 saturated heterocycles. The third-order valence-electron chi connectivity index (χ3n) is 3.97. The molecule has 27 heavy (non-hydrogen) atoms. The summed E-state index contributed by atoms with van der Waals surface area (Å²) < 4.78 is 32.5. The summed E-state index contributed by atoms with van der Waals surface area (Å²) in [6.07, 6.45) is 2.99. The van der Waals surface area contributed by atoms with Crippen LogP contribution in [0, 0.1) is 0 Å². The molecule has 3 aromatic rings. The van der Waals surface area contributed by atoms with Crippen LogP contribution in [-0.4, -0.2) is 31.3 Å². The predicted molar refractivity (Wildman–Crippen MR) is 102 cm³/mol. The maximum absolute atomic E-state index is 13.3. The number of hydrogen-bond acceptors (Lipinski definition) is 5. The summed E-state index contributed by atoms with van der Waals surface area (Å²) in [4.78, 5) is 23.5. The Morgan fingerprint density at radius 2 is 1.74 bits per heavy atom. The Hall–Kier alpha value is -3.19. The van der Waals surface area contributed by atoms with Crippen molar-refractivity contribution in [2.45, 2.75) is 11.8 Å². The zero-order valence-electron chi connectivity index (χ0n) is 14.5. The molecule has 0 unspecified atom stereocenters. The van der Waals surface area contributed by atoms with Gasteiger partial charge < -0.3 is 4.74 Å². The fourth-order valence-electron chi connectivity index (χ4n) is 2.83. The zero-order chi connectivity index (χ0) is 19.4. The molecule has 2 aromatic carbocycles. The van der Waals surface area contributed by atoms with Crippen molar-refractivity contribution in [3.05, 3.63) is 71.9 Å². The van der Waals surface area contributed by atoms with Gasteiger partial charge in [0.25, 0.3) is 10.0 Å². The molecule has 0 aliphatic carbocycles. The van der Waals surface area contributed by atoms with E-state index in [4.69, 9.17) is 4.74 Å². The van der Waals surface area contributed by atoms with Crippen molar-refractivity contribution < 1.29 is 22.7 Å². The van der Waals surface area contributed by atoms with Gasteiger partial charge in [-0.2, -0.15) is 0 Å². The predicted octanol–water partition coefficient (Wildman–Crippen LogP) is 3.27. The minimum absolute atomic E-state index is 0.0778. The van der Waals surface area contributed by atoms with E-state index in [0.717, 1.165) is 10.0 Å². The average molecular weight is 383 g/mol. The molecular weight excluding hydrogens is 366 g/mol. The summed E-state index contributed by atoms with van der Waals surface area (Å²) in [5.41, 5.74) is 0.640. The maximum atomic E-state index is 13.3. The second kappa shape index (κ2) is 7.59. The number of carbonyl (C=O) groups excluding carboxylic acids is 2. The van der Waals surface area contributed by atoms with Gasteiger partial charge in [0.2, 0.25) is 0 Å². The third-order valence-corrected chi connectivity index (χ3v) is 5.71. The van der Waals surface area contributed by atoms with Crippen molar-refractivity contribution in [1.82, 2.24) is 3.97 Å². The van der Waals surface area contributed by atoms with Gasteiger partial charge in [-0.05, 0) is 31.2 Å². The normalized spacial score (nSPS) is 11.7. The summed E-state index contributed by atoms with van der Waals surface area (Å²) >= 11 is 0. The van der Waals surface area contributed by atoms with Gasteiger partial charge in [0.15, 0.2) is 6.29 Å². The van der Waals surface area contributed by atoms with Gasteiger partial charge in [0.1, 0.15) is 0 Å². The van der Waals surface area contributed by atoms with Crippen molar-refractivity contribution in [3.8, 4) is 0 Å². The van der Waals surface area contributed by atoms with Crippen molar-refractivity contribution in [2.24, 2.45) is 0 Å². The maximum Gasteiger partial charge on any atom is 0.330 e. The van der Waals surface area contributed by atoms with Gasteiger partial charge in [-0.25, -0.2) is 17.2 Å². The highest BCUT2D eigenvalue weighted by Gasteiger charge is 2.25. The Morgan fingerprint density at radius 1 is 1.07 bits per heavy atom. The van der Waals surface area contributed by atoms with E-state index in [2.05, 4.69) is 0 Å². The molecule has 0 aliphatic rings. The summed E-state index contributed by atoms with van der Waals surface area (Å²) in [6, 6.07) is 14.6. The standard InChI is InChI=1S/C20H17NO5S/c1-2-26-20(23)13-12-19-17(14-22)16-10-6-7-11-18(16)21(19)27(24,25)15-8-4-3-5-9-15/h3-14H,2H2,1H3/b13-12+. The highest BCUT2D eigenvalue weighted by Crippen LogP contribution is 2.30. The number of benzene rings is 2. The molecule has 1 heterocycles. The number of aromatic nitrogens is 1. The Kier molecular flexibility index (Phi) is 5.23. The van der Waals surface area contributed by atoms with Crippen LogP contribution in [0.15, 0.2) is 65.6 Å². The number of rotatable bonds is 6. The molecular formula is C20H17NO5S. The lowest BCUT2D eigenvalue weighted by molar-refractivity contribution is -0.137. The number of carbonyl (C=O) groups is 2. The van der Waals surface area contributed by atoms with Gasteiger partial charge in [0, 0.05) is 17.0 Å². The average Bonchev–Trinajstić information content (AvgIpc) is 3.01. The number of hydrogen-bond donors (Lipinski definition) is 0. The van der Waals surface area contributed by atoms with Gasteiger partial charge in [-0.1, -0.05) is 36.4 Å². The first kappa shape index (κ1) is 18.6. The largest absolute Gasteiger partial charge is 0.463 e. The van der Waals surface area contributed by atoms with E-state index in [9.17, 15) is 18.0 Å². The van der Waals surface area contributed by atoms with Crippen LogP contribution in [0.2, 0.25) is 0 Å². The Bertz CT molecular complexity index is 1130. The topological polar surface area (TPSA) is 82.4 Å². The fraction of sp³-hybridized carbons (Fsp3) is 0.100. The smallest absolute Gasteiger partial charge is 0.330 e. The number of nitrogens with zero attached hydrogens (tertiary/aromatic N) is 1. The Balaban J connectivity index is 2.32. The summed E-state index contributed by atoms with van der Waals surface area (Å²) in [6.45, 7) is 1.86. The van der Waals surface area contributed by atoms with Gasteiger partial charge in [-0.3, -0.25) is 4.79 Å². The van der Waals surface area contributed by atoms with Gasteiger partial charge in [-0.15, -0.1) is 0 Å². The molecule has 0 atom stereocenters.